The summed E-state index contributed by atoms with van der Waals surface area (Å²) in [5.41, 5.74) is 4.05. The molecule has 1 aliphatic rings. The molecule has 35 heavy (non-hydrogen) atoms. The van der Waals surface area contributed by atoms with E-state index < -0.39 is 12.0 Å². The maximum absolute atomic E-state index is 12.9. The highest BCUT2D eigenvalue weighted by molar-refractivity contribution is 5.99. The molecule has 0 spiro atoms. The number of hydrogen-bond donors (Lipinski definition) is 3. The van der Waals surface area contributed by atoms with Crippen molar-refractivity contribution >= 4 is 29.3 Å². The van der Waals surface area contributed by atoms with Crippen LogP contribution >= 0.6 is 0 Å². The molecule has 1 atom stereocenters. The van der Waals surface area contributed by atoms with Crippen LogP contribution in [0.4, 0.5) is 16.2 Å². The van der Waals surface area contributed by atoms with E-state index in [1.807, 2.05) is 24.3 Å². The zero-order chi connectivity index (χ0) is 24.9. The molecule has 8 heteroatoms. The van der Waals surface area contributed by atoms with Gasteiger partial charge in [0.2, 0.25) is 5.91 Å². The van der Waals surface area contributed by atoms with Crippen molar-refractivity contribution in [2.75, 3.05) is 17.2 Å². The molecule has 3 amide bonds. The lowest BCUT2D eigenvalue weighted by Crippen LogP contribution is -2.45. The van der Waals surface area contributed by atoms with Gasteiger partial charge >= 0.3 is 12.0 Å². The SMILES string of the molecule is CC(C)c1ccc(NC(=O)N2CCC[C@@H]2C(=O)Nc2ccc(-c3ccc(C(=O)O)cc3)nc2)cc1. The summed E-state index contributed by atoms with van der Waals surface area (Å²) in [4.78, 5) is 42.8. The van der Waals surface area contributed by atoms with Gasteiger partial charge in [0.25, 0.3) is 0 Å². The van der Waals surface area contributed by atoms with Crippen molar-refractivity contribution in [1.82, 2.24) is 9.88 Å². The number of rotatable bonds is 6. The number of aromatic carboxylic acids is 1. The molecule has 1 fully saturated rings. The number of anilines is 2. The van der Waals surface area contributed by atoms with Gasteiger partial charge in [0.1, 0.15) is 6.04 Å². The predicted octanol–water partition coefficient (Wildman–Crippen LogP) is 5.21. The number of carboxylic acids is 1. The summed E-state index contributed by atoms with van der Waals surface area (Å²) >= 11 is 0. The average molecular weight is 473 g/mol. The standard InChI is InChI=1S/C27H28N4O4/c1-17(2)18-9-11-21(12-10-18)30-27(35)31-15-3-4-24(31)25(32)29-22-13-14-23(28-16-22)19-5-7-20(8-6-19)26(33)34/h5-14,16-17,24H,3-4,15H2,1-2H3,(H,29,32)(H,30,35)(H,33,34)/t24-/m1/s1. The second kappa shape index (κ2) is 10.4. The van der Waals surface area contributed by atoms with E-state index in [1.54, 1.807) is 35.4 Å². The van der Waals surface area contributed by atoms with Gasteiger partial charge in [0, 0.05) is 17.8 Å². The van der Waals surface area contributed by atoms with Crippen molar-refractivity contribution in [3.8, 4) is 11.3 Å². The molecule has 180 valence electrons. The fourth-order valence-electron chi connectivity index (χ4n) is 4.08. The summed E-state index contributed by atoms with van der Waals surface area (Å²) in [6, 6.07) is 16.8. The second-order valence-corrected chi connectivity index (χ2v) is 8.86. The second-order valence-electron chi connectivity index (χ2n) is 8.86. The van der Waals surface area contributed by atoms with Gasteiger partial charge in [-0.3, -0.25) is 9.78 Å². The van der Waals surface area contributed by atoms with Crippen LogP contribution in [-0.4, -0.2) is 45.5 Å². The van der Waals surface area contributed by atoms with Gasteiger partial charge in [0.15, 0.2) is 0 Å². The third-order valence-corrected chi connectivity index (χ3v) is 6.10. The summed E-state index contributed by atoms with van der Waals surface area (Å²) in [6.45, 7) is 4.74. The zero-order valence-corrected chi connectivity index (χ0v) is 19.7. The highest BCUT2D eigenvalue weighted by atomic mass is 16.4. The Labute approximate surface area is 204 Å². The van der Waals surface area contributed by atoms with Gasteiger partial charge in [-0.25, -0.2) is 9.59 Å². The van der Waals surface area contributed by atoms with E-state index in [4.69, 9.17) is 5.11 Å². The fraction of sp³-hybridized carbons (Fsp3) is 0.259. The third-order valence-electron chi connectivity index (χ3n) is 6.10. The molecule has 3 N–H and O–H groups in total. The first-order valence-electron chi connectivity index (χ1n) is 11.6. The number of carbonyl (C=O) groups is 3. The fourth-order valence-corrected chi connectivity index (χ4v) is 4.08. The van der Waals surface area contributed by atoms with Gasteiger partial charge < -0.3 is 20.6 Å². The first-order chi connectivity index (χ1) is 16.8. The molecular weight excluding hydrogens is 444 g/mol. The summed E-state index contributed by atoms with van der Waals surface area (Å²) in [5.74, 6) is -0.832. The van der Waals surface area contributed by atoms with Crippen molar-refractivity contribution in [1.29, 1.82) is 0 Å². The minimum absolute atomic E-state index is 0.204. The number of likely N-dealkylation sites (tertiary alicyclic amines) is 1. The molecule has 2 aromatic carbocycles. The molecule has 8 nitrogen and oxygen atoms in total. The van der Waals surface area contributed by atoms with E-state index in [-0.39, 0.29) is 17.5 Å². The van der Waals surface area contributed by atoms with Gasteiger partial charge in [-0.15, -0.1) is 0 Å². The van der Waals surface area contributed by atoms with E-state index in [9.17, 15) is 14.4 Å². The number of nitrogens with one attached hydrogen (secondary N) is 2. The van der Waals surface area contributed by atoms with Crippen LogP contribution in [0.15, 0.2) is 66.9 Å². The summed E-state index contributed by atoms with van der Waals surface area (Å²) in [7, 11) is 0. The smallest absolute Gasteiger partial charge is 0.335 e. The normalized spacial score (nSPS) is 15.2. The van der Waals surface area contributed by atoms with E-state index in [0.717, 1.165) is 12.0 Å². The van der Waals surface area contributed by atoms with Crippen LogP contribution < -0.4 is 10.6 Å². The monoisotopic (exact) mass is 472 g/mol. The van der Waals surface area contributed by atoms with Gasteiger partial charge in [-0.2, -0.15) is 0 Å². The largest absolute Gasteiger partial charge is 0.478 e. The molecule has 1 aliphatic heterocycles. The maximum atomic E-state index is 12.9. The van der Waals surface area contributed by atoms with Crippen LogP contribution in [0, 0.1) is 0 Å². The van der Waals surface area contributed by atoms with Crippen LogP contribution in [0.2, 0.25) is 0 Å². The van der Waals surface area contributed by atoms with Crippen LogP contribution in [0.3, 0.4) is 0 Å². The molecule has 3 aromatic rings. The van der Waals surface area contributed by atoms with Crippen LogP contribution in [0.5, 0.6) is 0 Å². The molecule has 0 bridgehead atoms. The minimum atomic E-state index is -0.985. The number of pyridine rings is 1. The molecule has 0 unspecified atom stereocenters. The van der Waals surface area contributed by atoms with Crippen LogP contribution in [0.25, 0.3) is 11.3 Å². The van der Waals surface area contributed by atoms with Crippen LogP contribution in [-0.2, 0) is 4.79 Å². The third kappa shape index (κ3) is 5.66. The summed E-state index contributed by atoms with van der Waals surface area (Å²) in [5, 5.41) is 14.8. The van der Waals surface area contributed by atoms with E-state index in [1.165, 1.54) is 17.7 Å². The Balaban J connectivity index is 1.37. The molecule has 0 radical (unpaired) electrons. The van der Waals surface area contributed by atoms with E-state index >= 15 is 0 Å². The number of nitrogens with zero attached hydrogens (tertiary/aromatic N) is 2. The number of hydrogen-bond acceptors (Lipinski definition) is 4. The number of carboxylic acid groups (broad SMARTS) is 1. The Hall–Kier alpha value is -4.20. The molecule has 0 aliphatic carbocycles. The lowest BCUT2D eigenvalue weighted by atomic mass is 10.0. The maximum Gasteiger partial charge on any atom is 0.335 e. The number of carbonyl (C=O) groups excluding carboxylic acids is 2. The highest BCUT2D eigenvalue weighted by Crippen LogP contribution is 2.23. The average Bonchev–Trinajstić information content (AvgIpc) is 3.35. The van der Waals surface area contributed by atoms with Crippen molar-refractivity contribution in [2.45, 2.75) is 38.6 Å². The van der Waals surface area contributed by atoms with Crippen LogP contribution in [0.1, 0.15) is 48.5 Å². The Morgan fingerprint density at radius 1 is 0.943 bits per heavy atom. The Kier molecular flexibility index (Phi) is 7.10. The Morgan fingerprint density at radius 2 is 1.63 bits per heavy atom. The minimum Gasteiger partial charge on any atom is -0.478 e. The number of urea groups is 1. The van der Waals surface area contributed by atoms with Gasteiger partial charge in [-0.1, -0.05) is 38.1 Å². The highest BCUT2D eigenvalue weighted by Gasteiger charge is 2.34. The van der Waals surface area contributed by atoms with Crippen molar-refractivity contribution in [3.63, 3.8) is 0 Å². The molecule has 4 rings (SSSR count). The lowest BCUT2D eigenvalue weighted by molar-refractivity contribution is -0.119. The van der Waals surface area contributed by atoms with Crippen molar-refractivity contribution in [2.24, 2.45) is 0 Å². The van der Waals surface area contributed by atoms with Crippen molar-refractivity contribution in [3.05, 3.63) is 78.0 Å². The Bertz CT molecular complexity index is 1210. The number of benzene rings is 2. The number of amides is 3. The van der Waals surface area contributed by atoms with Gasteiger partial charge in [-0.05, 0) is 60.7 Å². The lowest BCUT2D eigenvalue weighted by Gasteiger charge is -2.24. The first-order valence-corrected chi connectivity index (χ1v) is 11.6. The molecular formula is C27H28N4O4. The predicted molar refractivity (Wildman–Crippen MR) is 135 cm³/mol. The summed E-state index contributed by atoms with van der Waals surface area (Å²) in [6.07, 6.45) is 2.89. The molecule has 1 aromatic heterocycles. The van der Waals surface area contributed by atoms with E-state index in [2.05, 4.69) is 29.5 Å². The van der Waals surface area contributed by atoms with Gasteiger partial charge in [0.05, 0.1) is 23.1 Å². The first kappa shape index (κ1) is 23.9. The Morgan fingerprint density at radius 3 is 2.23 bits per heavy atom. The number of aromatic nitrogens is 1. The molecule has 0 saturated carbocycles. The summed E-state index contributed by atoms with van der Waals surface area (Å²) < 4.78 is 0. The molecule has 2 heterocycles. The quantitative estimate of drug-likeness (QED) is 0.456. The zero-order valence-electron chi connectivity index (χ0n) is 19.7. The van der Waals surface area contributed by atoms with Crippen molar-refractivity contribution < 1.29 is 19.5 Å². The molecule has 1 saturated heterocycles. The van der Waals surface area contributed by atoms with E-state index in [0.29, 0.717) is 36.0 Å². The topological polar surface area (TPSA) is 112 Å².